The summed E-state index contributed by atoms with van der Waals surface area (Å²) in [5, 5.41) is 5.85. The standard InChI is InChI=1S/C25H27N3O3/c1-25(19-13-12-16-7-4-9-18(16)14-19)23(30)28(24(31)27-25)15-22(29)26-21-11-5-8-17-6-2-3-10-20(17)21/h2-3,6,10,12-14,21H,4-5,7-9,11,15H2,1H3,(H,26,29)(H,27,31)/t21-,25-/m1/s1. The molecule has 0 unspecified atom stereocenters. The van der Waals surface area contributed by atoms with Crippen LogP contribution in [0.3, 0.4) is 0 Å². The van der Waals surface area contributed by atoms with Crippen molar-refractivity contribution in [3.05, 3.63) is 70.3 Å². The fourth-order valence-corrected chi connectivity index (χ4v) is 5.21. The van der Waals surface area contributed by atoms with Crippen LogP contribution in [-0.4, -0.2) is 29.3 Å². The molecule has 1 heterocycles. The second-order valence-electron chi connectivity index (χ2n) is 8.99. The predicted molar refractivity (Wildman–Crippen MR) is 116 cm³/mol. The van der Waals surface area contributed by atoms with Crippen LogP contribution in [-0.2, 0) is 34.4 Å². The number of nitrogens with one attached hydrogen (secondary N) is 2. The summed E-state index contributed by atoms with van der Waals surface area (Å²) in [5.41, 5.74) is 4.56. The molecule has 31 heavy (non-hydrogen) atoms. The van der Waals surface area contributed by atoms with E-state index in [9.17, 15) is 14.4 Å². The zero-order valence-electron chi connectivity index (χ0n) is 17.7. The Bertz CT molecular complexity index is 1080. The number of fused-ring (bicyclic) bond motifs is 2. The summed E-state index contributed by atoms with van der Waals surface area (Å²) in [6.07, 6.45) is 6.04. The molecule has 0 spiro atoms. The molecule has 3 aliphatic rings. The van der Waals surface area contributed by atoms with Gasteiger partial charge in [-0.1, -0.05) is 42.5 Å². The number of aryl methyl sites for hydroxylation is 3. The summed E-state index contributed by atoms with van der Waals surface area (Å²) >= 11 is 0. The monoisotopic (exact) mass is 417 g/mol. The number of carbonyl (C=O) groups is 3. The predicted octanol–water partition coefficient (Wildman–Crippen LogP) is 3.14. The molecule has 1 saturated heterocycles. The maximum Gasteiger partial charge on any atom is 0.325 e. The van der Waals surface area contributed by atoms with Crippen molar-refractivity contribution >= 4 is 17.8 Å². The fourth-order valence-electron chi connectivity index (χ4n) is 5.21. The molecule has 0 aromatic heterocycles. The van der Waals surface area contributed by atoms with Gasteiger partial charge in [0.05, 0.1) is 6.04 Å². The molecule has 6 nitrogen and oxygen atoms in total. The van der Waals surface area contributed by atoms with Crippen LogP contribution in [0.2, 0.25) is 0 Å². The molecule has 2 aliphatic carbocycles. The topological polar surface area (TPSA) is 78.5 Å². The normalized spacial score (nSPS) is 24.5. The van der Waals surface area contributed by atoms with Crippen molar-refractivity contribution in [3.63, 3.8) is 0 Å². The Hall–Kier alpha value is -3.15. The number of hydrogen-bond acceptors (Lipinski definition) is 3. The Morgan fingerprint density at radius 2 is 1.84 bits per heavy atom. The summed E-state index contributed by atoms with van der Waals surface area (Å²) < 4.78 is 0. The summed E-state index contributed by atoms with van der Waals surface area (Å²) in [7, 11) is 0. The van der Waals surface area contributed by atoms with Crippen LogP contribution in [0.5, 0.6) is 0 Å². The third-order valence-electron chi connectivity index (χ3n) is 6.96. The van der Waals surface area contributed by atoms with Crippen molar-refractivity contribution in [2.24, 2.45) is 0 Å². The van der Waals surface area contributed by atoms with Gasteiger partial charge in [0.15, 0.2) is 0 Å². The van der Waals surface area contributed by atoms with Crippen LogP contribution < -0.4 is 10.6 Å². The first-order chi connectivity index (χ1) is 15.0. The SMILES string of the molecule is C[C@]1(c2ccc3c(c2)CCC3)NC(=O)N(CC(=O)N[C@@H]2CCCc3ccccc32)C1=O. The lowest BCUT2D eigenvalue weighted by Crippen LogP contribution is -2.44. The van der Waals surface area contributed by atoms with E-state index in [1.807, 2.05) is 30.3 Å². The molecule has 2 aromatic rings. The van der Waals surface area contributed by atoms with E-state index in [-0.39, 0.29) is 24.4 Å². The second-order valence-corrected chi connectivity index (χ2v) is 8.99. The number of rotatable bonds is 4. The van der Waals surface area contributed by atoms with Gasteiger partial charge < -0.3 is 10.6 Å². The van der Waals surface area contributed by atoms with Crippen molar-refractivity contribution in [1.29, 1.82) is 0 Å². The summed E-state index contributed by atoms with van der Waals surface area (Å²) in [6.45, 7) is 1.45. The zero-order valence-corrected chi connectivity index (χ0v) is 17.7. The largest absolute Gasteiger partial charge is 0.348 e. The van der Waals surface area contributed by atoms with Crippen molar-refractivity contribution in [3.8, 4) is 0 Å². The second kappa shape index (κ2) is 7.52. The highest BCUT2D eigenvalue weighted by atomic mass is 16.2. The highest BCUT2D eigenvalue weighted by Crippen LogP contribution is 2.33. The Morgan fingerprint density at radius 3 is 2.71 bits per heavy atom. The first-order valence-electron chi connectivity index (χ1n) is 11.1. The summed E-state index contributed by atoms with van der Waals surface area (Å²) in [6, 6.07) is 13.5. The molecule has 6 heteroatoms. The van der Waals surface area contributed by atoms with Crippen molar-refractivity contribution in [1.82, 2.24) is 15.5 Å². The Balaban J connectivity index is 1.31. The molecule has 0 bridgehead atoms. The first kappa shape index (κ1) is 19.8. The average Bonchev–Trinajstić information content (AvgIpc) is 3.32. The van der Waals surface area contributed by atoms with Gasteiger partial charge in [0.2, 0.25) is 5.91 Å². The number of carbonyl (C=O) groups excluding carboxylic acids is 3. The lowest BCUT2D eigenvalue weighted by atomic mass is 9.88. The van der Waals surface area contributed by atoms with Crippen LogP contribution >= 0.6 is 0 Å². The van der Waals surface area contributed by atoms with E-state index in [0.29, 0.717) is 0 Å². The number of amides is 4. The molecule has 0 radical (unpaired) electrons. The molecule has 2 aromatic carbocycles. The fraction of sp³-hybridized carbons (Fsp3) is 0.400. The van der Waals surface area contributed by atoms with Crippen molar-refractivity contribution in [2.45, 2.75) is 57.0 Å². The zero-order chi connectivity index (χ0) is 21.6. The Labute approximate surface area is 182 Å². The summed E-state index contributed by atoms with van der Waals surface area (Å²) in [5.74, 6) is -0.696. The third-order valence-corrected chi connectivity index (χ3v) is 6.96. The van der Waals surface area contributed by atoms with E-state index in [4.69, 9.17) is 0 Å². The number of urea groups is 1. The molecule has 1 aliphatic heterocycles. The Kier molecular flexibility index (Phi) is 4.80. The van der Waals surface area contributed by atoms with Crippen LogP contribution in [0, 0.1) is 0 Å². The number of hydrogen-bond donors (Lipinski definition) is 2. The minimum Gasteiger partial charge on any atom is -0.348 e. The van der Waals surface area contributed by atoms with Gasteiger partial charge in [0.1, 0.15) is 12.1 Å². The summed E-state index contributed by atoms with van der Waals surface area (Å²) in [4.78, 5) is 39.7. The minimum atomic E-state index is -1.15. The van der Waals surface area contributed by atoms with E-state index in [1.165, 1.54) is 16.7 Å². The van der Waals surface area contributed by atoms with E-state index in [1.54, 1.807) is 6.92 Å². The lowest BCUT2D eigenvalue weighted by molar-refractivity contribution is -0.135. The highest BCUT2D eigenvalue weighted by molar-refractivity contribution is 6.09. The van der Waals surface area contributed by atoms with E-state index >= 15 is 0 Å². The molecule has 0 saturated carbocycles. The molecule has 4 amide bonds. The van der Waals surface area contributed by atoms with Gasteiger partial charge in [-0.2, -0.15) is 0 Å². The Morgan fingerprint density at radius 1 is 1.06 bits per heavy atom. The number of nitrogens with zero attached hydrogens (tertiary/aromatic N) is 1. The van der Waals surface area contributed by atoms with Crippen molar-refractivity contribution < 1.29 is 14.4 Å². The number of benzene rings is 2. The quantitative estimate of drug-likeness (QED) is 0.751. The van der Waals surface area contributed by atoms with Gasteiger partial charge in [-0.05, 0) is 73.3 Å². The molecule has 1 fully saturated rings. The molecule has 2 atom stereocenters. The maximum atomic E-state index is 13.2. The molecule has 160 valence electrons. The molecule has 2 N–H and O–H groups in total. The van der Waals surface area contributed by atoms with Gasteiger partial charge in [0.25, 0.3) is 5.91 Å². The third kappa shape index (κ3) is 3.40. The molecular formula is C25H27N3O3. The van der Waals surface area contributed by atoms with E-state index < -0.39 is 11.6 Å². The average molecular weight is 418 g/mol. The van der Waals surface area contributed by atoms with Gasteiger partial charge in [-0.25, -0.2) is 4.79 Å². The van der Waals surface area contributed by atoms with Crippen LogP contribution in [0.15, 0.2) is 42.5 Å². The lowest BCUT2D eigenvalue weighted by Gasteiger charge is -2.27. The first-order valence-corrected chi connectivity index (χ1v) is 11.1. The highest BCUT2D eigenvalue weighted by Gasteiger charge is 2.49. The molecule has 5 rings (SSSR count). The maximum absolute atomic E-state index is 13.2. The van der Waals surface area contributed by atoms with Crippen LogP contribution in [0.1, 0.15) is 60.0 Å². The van der Waals surface area contributed by atoms with Crippen molar-refractivity contribution in [2.75, 3.05) is 6.54 Å². The van der Waals surface area contributed by atoms with Gasteiger partial charge in [-0.3, -0.25) is 14.5 Å². The van der Waals surface area contributed by atoms with Crippen LogP contribution in [0.25, 0.3) is 0 Å². The van der Waals surface area contributed by atoms with Crippen LogP contribution in [0.4, 0.5) is 4.79 Å². The minimum absolute atomic E-state index is 0.0821. The van der Waals surface area contributed by atoms with Gasteiger partial charge >= 0.3 is 6.03 Å². The van der Waals surface area contributed by atoms with E-state index in [0.717, 1.165) is 54.6 Å². The molecular weight excluding hydrogens is 390 g/mol. The van der Waals surface area contributed by atoms with Gasteiger partial charge in [0, 0.05) is 0 Å². The smallest absolute Gasteiger partial charge is 0.325 e. The van der Waals surface area contributed by atoms with E-state index in [2.05, 4.69) is 22.8 Å². The van der Waals surface area contributed by atoms with Gasteiger partial charge in [-0.15, -0.1) is 0 Å². The number of imide groups is 1.